The smallest absolute Gasteiger partial charge is 0.545 e. The molecule has 0 spiro atoms. The van der Waals surface area contributed by atoms with Gasteiger partial charge < -0.3 is 40.4 Å². The number of amides is 2. The predicted molar refractivity (Wildman–Crippen MR) is 114 cm³/mol. The number of nitrogens with zero attached hydrogens (tertiary/aromatic N) is 1. The Morgan fingerprint density at radius 2 is 1.97 bits per heavy atom. The number of carboxylic acid groups (broad SMARTS) is 2. The van der Waals surface area contributed by atoms with Crippen LogP contribution >= 0.6 is 11.8 Å². The van der Waals surface area contributed by atoms with Crippen LogP contribution in [0, 0.1) is 11.8 Å². The van der Waals surface area contributed by atoms with Crippen molar-refractivity contribution in [3.05, 3.63) is 40.4 Å². The van der Waals surface area contributed by atoms with Crippen molar-refractivity contribution in [2.24, 2.45) is 11.8 Å². The van der Waals surface area contributed by atoms with E-state index in [9.17, 15) is 34.5 Å². The first-order valence-corrected chi connectivity index (χ1v) is 11.5. The number of nitrogens with one attached hydrogen (secondary N) is 2. The molecule has 2 saturated heterocycles. The molecule has 3 aliphatic rings. The molecule has 1 aromatic carbocycles. The van der Waals surface area contributed by atoms with Crippen molar-refractivity contribution in [2.45, 2.75) is 43.7 Å². The topological polar surface area (TPSA) is 162 Å². The fourth-order valence-electron chi connectivity index (χ4n) is 4.79. The van der Waals surface area contributed by atoms with Crippen LogP contribution in [-0.2, 0) is 14.4 Å². The van der Waals surface area contributed by atoms with Gasteiger partial charge in [0.05, 0.1) is 41.7 Å². The Morgan fingerprint density at radius 3 is 2.59 bits per heavy atom. The van der Waals surface area contributed by atoms with Crippen LogP contribution in [-0.4, -0.2) is 63.7 Å². The van der Waals surface area contributed by atoms with Crippen LogP contribution in [0.1, 0.15) is 30.6 Å². The number of aliphatic hydroxyl groups is 1. The van der Waals surface area contributed by atoms with Crippen molar-refractivity contribution < 1.29 is 64.1 Å². The minimum absolute atomic E-state index is 0. The molecule has 1 aromatic rings. The van der Waals surface area contributed by atoms with Gasteiger partial charge in [0.15, 0.2) is 0 Å². The van der Waals surface area contributed by atoms with Crippen molar-refractivity contribution >= 4 is 41.2 Å². The molecule has 3 heterocycles. The molecule has 3 aliphatic heterocycles. The van der Waals surface area contributed by atoms with Gasteiger partial charge in [-0.2, -0.15) is 0 Å². The molecular formula is C22H23N3NaO7S-. The van der Waals surface area contributed by atoms with Gasteiger partial charge in [-0.3, -0.25) is 9.59 Å². The Balaban J connectivity index is 0.00000324. The summed E-state index contributed by atoms with van der Waals surface area (Å²) in [5.41, 5.74) is 0.136. The number of β-lactam (4-membered cyclic amide) rings is 1. The molecule has 10 nitrogen and oxygen atoms in total. The van der Waals surface area contributed by atoms with E-state index < -0.39 is 42.0 Å². The number of carboxylic acids is 2. The first kappa shape index (κ1) is 26.7. The minimum atomic E-state index is -1.43. The van der Waals surface area contributed by atoms with E-state index in [1.165, 1.54) is 41.8 Å². The van der Waals surface area contributed by atoms with Gasteiger partial charge in [0, 0.05) is 28.3 Å². The largest absolute Gasteiger partial charge is 1.00 e. The van der Waals surface area contributed by atoms with E-state index in [2.05, 4.69) is 10.6 Å². The third kappa shape index (κ3) is 4.77. The van der Waals surface area contributed by atoms with Gasteiger partial charge >= 0.3 is 29.6 Å². The second-order valence-corrected chi connectivity index (χ2v) is 9.89. The van der Waals surface area contributed by atoms with Crippen LogP contribution in [0.3, 0.4) is 0 Å². The van der Waals surface area contributed by atoms with Gasteiger partial charge in [-0.25, -0.2) is 0 Å². The summed E-state index contributed by atoms with van der Waals surface area (Å²) in [7, 11) is 0. The summed E-state index contributed by atoms with van der Waals surface area (Å²) in [5.74, 6) is -4.46. The molecule has 34 heavy (non-hydrogen) atoms. The van der Waals surface area contributed by atoms with Crippen molar-refractivity contribution in [1.82, 2.24) is 10.2 Å². The van der Waals surface area contributed by atoms with E-state index in [-0.39, 0.29) is 57.9 Å². The molecule has 6 atom stereocenters. The molecule has 4 rings (SSSR count). The first-order chi connectivity index (χ1) is 15.6. The molecule has 0 aliphatic carbocycles. The number of hydrogen-bond acceptors (Lipinski definition) is 9. The van der Waals surface area contributed by atoms with Gasteiger partial charge in [0.2, 0.25) is 11.8 Å². The molecule has 3 N–H and O–H groups in total. The Kier molecular flexibility index (Phi) is 8.16. The summed E-state index contributed by atoms with van der Waals surface area (Å²) in [6.07, 6.45) is -0.476. The number of anilines is 1. The monoisotopic (exact) mass is 496 g/mol. The van der Waals surface area contributed by atoms with Crippen LogP contribution in [0.5, 0.6) is 0 Å². The van der Waals surface area contributed by atoms with E-state index >= 15 is 0 Å². The number of thioether (sulfide) groups is 1. The number of carbonyl (C=O) groups is 4. The number of fused-ring (bicyclic) bond motifs is 1. The molecule has 176 valence electrons. The fraction of sp³-hybridized carbons (Fsp3) is 0.455. The molecule has 12 heteroatoms. The van der Waals surface area contributed by atoms with E-state index in [0.29, 0.717) is 23.6 Å². The van der Waals surface area contributed by atoms with Gasteiger partial charge in [-0.1, -0.05) is 19.1 Å². The van der Waals surface area contributed by atoms with Crippen LogP contribution in [0.2, 0.25) is 0 Å². The van der Waals surface area contributed by atoms with Crippen LogP contribution in [0.25, 0.3) is 0 Å². The van der Waals surface area contributed by atoms with E-state index in [1.54, 1.807) is 6.07 Å². The number of rotatable bonds is 7. The third-order valence-electron chi connectivity index (χ3n) is 6.37. The molecule has 0 radical (unpaired) electrons. The van der Waals surface area contributed by atoms with Crippen molar-refractivity contribution in [2.75, 3.05) is 11.9 Å². The zero-order chi connectivity index (χ0) is 24.0. The Hall–Kier alpha value is -1.89. The standard InChI is InChI=1S/C22H25N3O7S.Na/c1-9-16-15(10(2)26)20(28)25(16)17(22(31)32)18(9)33-13-7-14(23-8-13)19(27)24-12-5-3-4-11(6-12)21(29)30;/h3-6,9-10,13-16,23,26H,7-8H2,1-2H3,(H,24,27)(H,29,30)(H,31,32);/q;+1/p-2/t9-,10-,13+,14+,15-,16-;/m1./s1. The van der Waals surface area contributed by atoms with Gasteiger partial charge in [0.25, 0.3) is 0 Å². The van der Waals surface area contributed by atoms with Gasteiger partial charge in [-0.05, 0) is 31.0 Å². The zero-order valence-corrected chi connectivity index (χ0v) is 21.8. The summed E-state index contributed by atoms with van der Waals surface area (Å²) in [6, 6.07) is 4.78. The average molecular weight is 496 g/mol. The molecule has 0 saturated carbocycles. The van der Waals surface area contributed by atoms with E-state index in [1.807, 2.05) is 6.92 Å². The number of aliphatic carboxylic acids is 1. The zero-order valence-electron chi connectivity index (χ0n) is 18.9. The number of benzene rings is 1. The van der Waals surface area contributed by atoms with E-state index in [0.717, 1.165) is 0 Å². The quantitative estimate of drug-likeness (QED) is 0.249. The molecule has 2 fully saturated rings. The maximum absolute atomic E-state index is 12.6. The summed E-state index contributed by atoms with van der Waals surface area (Å²) in [5, 5.41) is 38.4. The number of aromatic carboxylic acids is 1. The maximum atomic E-state index is 12.6. The predicted octanol–water partition coefficient (Wildman–Crippen LogP) is -4.72. The van der Waals surface area contributed by atoms with E-state index in [4.69, 9.17) is 0 Å². The molecule has 0 aromatic heterocycles. The summed E-state index contributed by atoms with van der Waals surface area (Å²) in [6.45, 7) is 3.79. The number of hydrogen-bond donors (Lipinski definition) is 3. The van der Waals surface area contributed by atoms with Crippen LogP contribution in [0.4, 0.5) is 5.69 Å². The second kappa shape index (κ2) is 10.4. The molecular weight excluding hydrogens is 473 g/mol. The van der Waals surface area contributed by atoms with Crippen molar-refractivity contribution in [3.8, 4) is 0 Å². The third-order valence-corrected chi connectivity index (χ3v) is 7.88. The van der Waals surface area contributed by atoms with Crippen molar-refractivity contribution in [1.29, 1.82) is 0 Å². The first-order valence-electron chi connectivity index (χ1n) is 10.6. The molecule has 0 bridgehead atoms. The van der Waals surface area contributed by atoms with Gasteiger partial charge in [0.1, 0.15) is 0 Å². The minimum Gasteiger partial charge on any atom is -0.545 e. The molecule has 2 amide bonds. The van der Waals surface area contributed by atoms with Gasteiger partial charge in [-0.15, -0.1) is 11.8 Å². The fourth-order valence-corrected chi connectivity index (χ4v) is 6.27. The normalized spacial score (nSPS) is 28.6. The number of aliphatic hydroxyl groups excluding tert-OH is 1. The maximum Gasteiger partial charge on any atom is 1.00 e. The van der Waals surface area contributed by atoms with Crippen LogP contribution < -0.4 is 50.4 Å². The average Bonchev–Trinajstić information content (AvgIpc) is 3.30. The summed E-state index contributed by atoms with van der Waals surface area (Å²) >= 11 is 1.31. The summed E-state index contributed by atoms with van der Waals surface area (Å²) < 4.78 is 0. The molecule has 0 unspecified atom stereocenters. The second-order valence-electron chi connectivity index (χ2n) is 8.55. The van der Waals surface area contributed by atoms with Crippen molar-refractivity contribution in [3.63, 3.8) is 0 Å². The summed E-state index contributed by atoms with van der Waals surface area (Å²) in [4.78, 5) is 49.7. The van der Waals surface area contributed by atoms with Crippen LogP contribution in [0.15, 0.2) is 34.9 Å². The Labute approximate surface area is 222 Å². The Morgan fingerprint density at radius 1 is 1.26 bits per heavy atom. The Bertz CT molecular complexity index is 1060. The SMILES string of the molecule is C[C@@H](O)[C@H]1C(=O)N2C(C(=O)[O-])=C(S[C@@H]3CN[C@H](C(=O)Nc4cccc(C(=O)[O-])c4)C3)[C@H](C)[C@H]12.[Na+]. The number of carbonyl (C=O) groups excluding carboxylic acids is 4.